The van der Waals surface area contributed by atoms with E-state index in [2.05, 4.69) is 56.1 Å². The minimum absolute atomic E-state index is 0.229. The van der Waals surface area contributed by atoms with Gasteiger partial charge in [-0.3, -0.25) is 4.90 Å². The van der Waals surface area contributed by atoms with Gasteiger partial charge in [0.05, 0.1) is 0 Å². The van der Waals surface area contributed by atoms with Gasteiger partial charge in [-0.05, 0) is 46.1 Å². The molecule has 1 spiro atoms. The molecule has 1 aromatic rings. The van der Waals surface area contributed by atoms with Crippen LogP contribution in [0.25, 0.3) is 0 Å². The van der Waals surface area contributed by atoms with E-state index in [-0.39, 0.29) is 5.54 Å². The monoisotopic (exact) mass is 286 g/mol. The zero-order chi connectivity index (χ0) is 15.1. The van der Waals surface area contributed by atoms with Gasteiger partial charge in [0.1, 0.15) is 0 Å². The minimum Gasteiger partial charge on any atom is -0.309 e. The number of hydrogen-bond acceptors (Lipinski definition) is 2. The molecule has 1 aliphatic heterocycles. The third kappa shape index (κ3) is 3.17. The van der Waals surface area contributed by atoms with Gasteiger partial charge in [-0.2, -0.15) is 0 Å². The molecule has 0 amide bonds. The molecule has 0 atom stereocenters. The van der Waals surface area contributed by atoms with Crippen molar-refractivity contribution < 1.29 is 0 Å². The summed E-state index contributed by atoms with van der Waals surface area (Å²) < 4.78 is 0. The van der Waals surface area contributed by atoms with Crippen molar-refractivity contribution in [1.29, 1.82) is 0 Å². The van der Waals surface area contributed by atoms with E-state index in [9.17, 15) is 0 Å². The highest BCUT2D eigenvalue weighted by Crippen LogP contribution is 2.39. The highest BCUT2D eigenvalue weighted by molar-refractivity contribution is 5.29. The van der Waals surface area contributed by atoms with E-state index in [1.54, 1.807) is 0 Å². The number of rotatable bonds is 2. The summed E-state index contributed by atoms with van der Waals surface area (Å²) in [6.45, 7) is 12.5. The molecule has 2 heteroatoms. The summed E-state index contributed by atoms with van der Waals surface area (Å²) in [5, 5.41) is 3.79. The van der Waals surface area contributed by atoms with E-state index in [0.29, 0.717) is 5.54 Å². The normalized spacial score (nSPS) is 24.6. The predicted octanol–water partition coefficient (Wildman–Crippen LogP) is 3.80. The van der Waals surface area contributed by atoms with Crippen LogP contribution in [0.4, 0.5) is 0 Å². The van der Waals surface area contributed by atoms with E-state index in [1.807, 2.05) is 0 Å². The van der Waals surface area contributed by atoms with Crippen LogP contribution in [-0.2, 0) is 6.54 Å². The largest absolute Gasteiger partial charge is 0.309 e. The summed E-state index contributed by atoms with van der Waals surface area (Å²) in [5.41, 5.74) is 4.90. The summed E-state index contributed by atoms with van der Waals surface area (Å²) in [4.78, 5) is 2.78. The Morgan fingerprint density at radius 2 is 1.67 bits per heavy atom. The smallest absolute Gasteiger partial charge is 0.0338 e. The van der Waals surface area contributed by atoms with E-state index < -0.39 is 0 Å². The van der Waals surface area contributed by atoms with Crippen molar-refractivity contribution in [1.82, 2.24) is 10.2 Å². The molecule has 2 nitrogen and oxygen atoms in total. The average Bonchev–Trinajstić information content (AvgIpc) is 2.83. The Morgan fingerprint density at radius 3 is 2.29 bits per heavy atom. The molecule has 1 saturated heterocycles. The van der Waals surface area contributed by atoms with E-state index >= 15 is 0 Å². The fourth-order valence-corrected chi connectivity index (χ4v) is 4.35. The van der Waals surface area contributed by atoms with Crippen molar-refractivity contribution in [3.05, 3.63) is 34.9 Å². The molecule has 21 heavy (non-hydrogen) atoms. The van der Waals surface area contributed by atoms with Crippen LogP contribution in [0.5, 0.6) is 0 Å². The number of hydrogen-bond donors (Lipinski definition) is 1. The zero-order valence-electron chi connectivity index (χ0n) is 14.1. The average molecular weight is 286 g/mol. The van der Waals surface area contributed by atoms with E-state index in [0.717, 1.165) is 19.6 Å². The molecule has 2 fully saturated rings. The standard InChI is InChI=1S/C19H30N2/c1-15-9-16(2)11-17(10-15)12-21-14-18(3,4)20-13-19(21)7-5-6-8-19/h9-11,20H,5-8,12-14H2,1-4H3. The van der Waals surface area contributed by atoms with Crippen LogP contribution in [-0.4, -0.2) is 29.1 Å². The molecular formula is C19H30N2. The summed E-state index contributed by atoms with van der Waals surface area (Å²) >= 11 is 0. The van der Waals surface area contributed by atoms with Crippen molar-refractivity contribution in [3.63, 3.8) is 0 Å². The number of piperazine rings is 1. The van der Waals surface area contributed by atoms with Crippen molar-refractivity contribution in [2.45, 2.75) is 71.0 Å². The lowest BCUT2D eigenvalue weighted by Gasteiger charge is -2.51. The fraction of sp³-hybridized carbons (Fsp3) is 0.684. The van der Waals surface area contributed by atoms with Crippen molar-refractivity contribution in [2.75, 3.05) is 13.1 Å². The quantitative estimate of drug-likeness (QED) is 0.889. The summed E-state index contributed by atoms with van der Waals surface area (Å²) in [6, 6.07) is 7.01. The second-order valence-corrected chi connectivity index (χ2v) is 8.02. The SMILES string of the molecule is Cc1cc(C)cc(CN2CC(C)(C)NCC23CCCC3)c1. The second kappa shape index (κ2) is 5.40. The van der Waals surface area contributed by atoms with Crippen LogP contribution in [0.3, 0.4) is 0 Å². The van der Waals surface area contributed by atoms with Crippen LogP contribution in [0.1, 0.15) is 56.2 Å². The highest BCUT2D eigenvalue weighted by atomic mass is 15.3. The number of benzene rings is 1. The first-order valence-corrected chi connectivity index (χ1v) is 8.46. The van der Waals surface area contributed by atoms with Gasteiger partial charge in [0.15, 0.2) is 0 Å². The molecule has 0 unspecified atom stereocenters. The van der Waals surface area contributed by atoms with Gasteiger partial charge in [-0.25, -0.2) is 0 Å². The van der Waals surface area contributed by atoms with E-state index in [1.165, 1.54) is 42.4 Å². The molecule has 116 valence electrons. The number of nitrogens with zero attached hydrogens (tertiary/aromatic N) is 1. The molecule has 0 bridgehead atoms. The Bertz CT molecular complexity index is 492. The van der Waals surface area contributed by atoms with E-state index in [4.69, 9.17) is 0 Å². The topological polar surface area (TPSA) is 15.3 Å². The Balaban J connectivity index is 1.85. The van der Waals surface area contributed by atoms with Crippen LogP contribution in [0, 0.1) is 13.8 Å². The molecule has 1 saturated carbocycles. The van der Waals surface area contributed by atoms with Gasteiger partial charge >= 0.3 is 0 Å². The van der Waals surface area contributed by atoms with Crippen LogP contribution in [0.15, 0.2) is 18.2 Å². The minimum atomic E-state index is 0.229. The lowest BCUT2D eigenvalue weighted by molar-refractivity contribution is 0.0122. The van der Waals surface area contributed by atoms with Crippen molar-refractivity contribution in [2.24, 2.45) is 0 Å². The van der Waals surface area contributed by atoms with Gasteiger partial charge in [0.25, 0.3) is 0 Å². The molecule has 1 heterocycles. The Labute approximate surface area is 129 Å². The Hall–Kier alpha value is -0.860. The van der Waals surface area contributed by atoms with Crippen LogP contribution < -0.4 is 5.32 Å². The molecule has 1 N–H and O–H groups in total. The van der Waals surface area contributed by atoms with Crippen LogP contribution in [0.2, 0.25) is 0 Å². The summed E-state index contributed by atoms with van der Waals surface area (Å²) in [5.74, 6) is 0. The number of aryl methyl sites for hydroxylation is 2. The molecule has 2 aliphatic rings. The van der Waals surface area contributed by atoms with Gasteiger partial charge in [-0.1, -0.05) is 42.2 Å². The van der Waals surface area contributed by atoms with Crippen LogP contribution >= 0.6 is 0 Å². The summed E-state index contributed by atoms with van der Waals surface area (Å²) in [7, 11) is 0. The highest BCUT2D eigenvalue weighted by Gasteiger charge is 2.45. The molecule has 1 aromatic carbocycles. The lowest BCUT2D eigenvalue weighted by atomic mass is 9.86. The maximum absolute atomic E-state index is 3.79. The van der Waals surface area contributed by atoms with Gasteiger partial charge in [0, 0.05) is 30.7 Å². The second-order valence-electron chi connectivity index (χ2n) is 8.02. The maximum Gasteiger partial charge on any atom is 0.0338 e. The predicted molar refractivity (Wildman–Crippen MR) is 89.6 cm³/mol. The van der Waals surface area contributed by atoms with Crippen molar-refractivity contribution >= 4 is 0 Å². The van der Waals surface area contributed by atoms with Gasteiger partial charge in [0.2, 0.25) is 0 Å². The first-order chi connectivity index (χ1) is 9.89. The third-order valence-corrected chi connectivity index (χ3v) is 5.34. The zero-order valence-corrected chi connectivity index (χ0v) is 14.1. The third-order valence-electron chi connectivity index (χ3n) is 5.34. The Morgan fingerprint density at radius 1 is 1.05 bits per heavy atom. The van der Waals surface area contributed by atoms with Gasteiger partial charge < -0.3 is 5.32 Å². The lowest BCUT2D eigenvalue weighted by Crippen LogP contribution is -2.66. The molecular weight excluding hydrogens is 256 g/mol. The summed E-state index contributed by atoms with van der Waals surface area (Å²) in [6.07, 6.45) is 5.51. The molecule has 3 rings (SSSR count). The first kappa shape index (κ1) is 15.1. The van der Waals surface area contributed by atoms with Gasteiger partial charge in [-0.15, -0.1) is 0 Å². The fourth-order valence-electron chi connectivity index (χ4n) is 4.35. The maximum atomic E-state index is 3.79. The first-order valence-electron chi connectivity index (χ1n) is 8.46. The van der Waals surface area contributed by atoms with Crippen molar-refractivity contribution in [3.8, 4) is 0 Å². The number of nitrogens with one attached hydrogen (secondary N) is 1. The molecule has 1 aliphatic carbocycles. The molecule has 0 aromatic heterocycles. The Kier molecular flexibility index (Phi) is 3.87. The molecule has 0 radical (unpaired) electrons.